The van der Waals surface area contributed by atoms with Gasteiger partial charge in [0.2, 0.25) is 0 Å². The summed E-state index contributed by atoms with van der Waals surface area (Å²) in [6, 6.07) is 0.287. The third kappa shape index (κ3) is 3.11. The molecule has 2 aliphatic heterocycles. The lowest BCUT2D eigenvalue weighted by Crippen LogP contribution is -2.47. The lowest BCUT2D eigenvalue weighted by atomic mass is 10.0. The SMILES string of the molecule is O=C(NC1CC1)c1nc(C(=O)N2CCC3(CC2)OCCO3)cs1. The Morgan fingerprint density at radius 3 is 2.61 bits per heavy atom. The minimum Gasteiger partial charge on any atom is -0.347 e. The van der Waals surface area contributed by atoms with Crippen molar-refractivity contribution in [3.63, 3.8) is 0 Å². The summed E-state index contributed by atoms with van der Waals surface area (Å²) in [4.78, 5) is 30.5. The van der Waals surface area contributed by atoms with Crippen molar-refractivity contribution < 1.29 is 19.1 Å². The maximum Gasteiger partial charge on any atom is 0.280 e. The molecule has 1 aromatic rings. The second-order valence-electron chi connectivity index (χ2n) is 6.19. The van der Waals surface area contributed by atoms with Crippen LogP contribution in [0.5, 0.6) is 0 Å². The van der Waals surface area contributed by atoms with Gasteiger partial charge in [0.05, 0.1) is 13.2 Å². The number of thiazole rings is 1. The Bertz CT molecular complexity index is 612. The van der Waals surface area contributed by atoms with E-state index >= 15 is 0 Å². The molecule has 0 atom stereocenters. The number of carbonyl (C=O) groups is 2. The molecule has 1 spiro atoms. The third-order valence-electron chi connectivity index (χ3n) is 4.46. The first-order valence-electron chi connectivity index (χ1n) is 7.99. The summed E-state index contributed by atoms with van der Waals surface area (Å²) in [5.74, 6) is -0.796. The fourth-order valence-electron chi connectivity index (χ4n) is 2.95. The maximum absolute atomic E-state index is 12.5. The highest BCUT2D eigenvalue weighted by Crippen LogP contribution is 2.31. The first-order valence-corrected chi connectivity index (χ1v) is 8.87. The number of nitrogens with one attached hydrogen (secondary N) is 1. The van der Waals surface area contributed by atoms with Crippen LogP contribution >= 0.6 is 11.3 Å². The first kappa shape index (κ1) is 15.0. The molecule has 2 saturated heterocycles. The number of carbonyl (C=O) groups excluding carboxylic acids is 2. The summed E-state index contributed by atoms with van der Waals surface area (Å²) in [6.07, 6.45) is 3.42. The van der Waals surface area contributed by atoms with Crippen LogP contribution in [0.25, 0.3) is 0 Å². The molecule has 0 bridgehead atoms. The average molecular weight is 337 g/mol. The number of nitrogens with zero attached hydrogens (tertiary/aromatic N) is 2. The van der Waals surface area contributed by atoms with Crippen molar-refractivity contribution in [3.8, 4) is 0 Å². The van der Waals surface area contributed by atoms with Crippen LogP contribution in [0.3, 0.4) is 0 Å². The van der Waals surface area contributed by atoms with Crippen LogP contribution in [0.15, 0.2) is 5.38 Å². The fourth-order valence-corrected chi connectivity index (χ4v) is 3.64. The summed E-state index contributed by atoms with van der Waals surface area (Å²) in [5.41, 5.74) is 0.347. The van der Waals surface area contributed by atoms with E-state index in [0.29, 0.717) is 49.8 Å². The van der Waals surface area contributed by atoms with Gasteiger partial charge in [0.25, 0.3) is 11.8 Å². The molecule has 0 unspecified atom stereocenters. The predicted molar refractivity (Wildman–Crippen MR) is 82.4 cm³/mol. The zero-order chi connectivity index (χ0) is 15.9. The molecule has 0 radical (unpaired) electrons. The molecule has 3 heterocycles. The van der Waals surface area contributed by atoms with Crippen molar-refractivity contribution >= 4 is 23.2 Å². The molecule has 3 fully saturated rings. The van der Waals surface area contributed by atoms with Gasteiger partial charge >= 0.3 is 0 Å². The standard InChI is InChI=1S/C15H19N3O4S/c19-12(16-10-1-2-10)13-17-11(9-23-13)14(20)18-5-3-15(4-6-18)21-7-8-22-15/h9-10H,1-8H2,(H,16,19). The highest BCUT2D eigenvalue weighted by molar-refractivity contribution is 7.11. The molecular weight excluding hydrogens is 318 g/mol. The van der Waals surface area contributed by atoms with Gasteiger partial charge in [-0.3, -0.25) is 9.59 Å². The number of piperidine rings is 1. The number of amides is 2. The normalized spacial score (nSPS) is 23.2. The van der Waals surface area contributed by atoms with Crippen molar-refractivity contribution in [3.05, 3.63) is 16.1 Å². The maximum atomic E-state index is 12.5. The summed E-state index contributed by atoms with van der Waals surface area (Å²) in [5, 5.41) is 4.91. The lowest BCUT2D eigenvalue weighted by molar-refractivity contribution is -0.181. The monoisotopic (exact) mass is 337 g/mol. The minimum atomic E-state index is -0.492. The Kier molecular flexibility index (Phi) is 3.82. The van der Waals surface area contributed by atoms with Gasteiger partial charge in [-0.2, -0.15) is 0 Å². The van der Waals surface area contributed by atoms with Gasteiger partial charge in [-0.05, 0) is 12.8 Å². The topological polar surface area (TPSA) is 80.8 Å². The van der Waals surface area contributed by atoms with E-state index in [1.54, 1.807) is 10.3 Å². The first-order chi connectivity index (χ1) is 11.2. The van der Waals surface area contributed by atoms with E-state index in [9.17, 15) is 9.59 Å². The fraction of sp³-hybridized carbons (Fsp3) is 0.667. The lowest BCUT2D eigenvalue weighted by Gasteiger charge is -2.37. The van der Waals surface area contributed by atoms with Gasteiger partial charge in [0.15, 0.2) is 10.8 Å². The van der Waals surface area contributed by atoms with Crippen molar-refractivity contribution in [2.45, 2.75) is 37.5 Å². The molecule has 7 nitrogen and oxygen atoms in total. The second kappa shape index (κ2) is 5.85. The zero-order valence-electron chi connectivity index (χ0n) is 12.7. The Balaban J connectivity index is 1.37. The molecule has 8 heteroatoms. The number of rotatable bonds is 3. The molecule has 1 saturated carbocycles. The molecular formula is C15H19N3O4S. The summed E-state index contributed by atoms with van der Waals surface area (Å²) >= 11 is 1.22. The van der Waals surface area contributed by atoms with Crippen LogP contribution in [0.2, 0.25) is 0 Å². The van der Waals surface area contributed by atoms with E-state index in [1.165, 1.54) is 11.3 Å². The molecule has 3 aliphatic rings. The summed E-state index contributed by atoms with van der Waals surface area (Å²) in [6.45, 7) is 2.42. The van der Waals surface area contributed by atoms with Crippen molar-refractivity contribution in [1.29, 1.82) is 0 Å². The molecule has 23 heavy (non-hydrogen) atoms. The Hall–Kier alpha value is -1.51. The van der Waals surface area contributed by atoms with Gasteiger partial charge in [0, 0.05) is 37.4 Å². The van der Waals surface area contributed by atoms with E-state index in [4.69, 9.17) is 9.47 Å². The third-order valence-corrected chi connectivity index (χ3v) is 5.30. The predicted octanol–water partition coefficient (Wildman–Crippen LogP) is 1.01. The van der Waals surface area contributed by atoms with Crippen molar-refractivity contribution in [2.24, 2.45) is 0 Å². The van der Waals surface area contributed by atoms with Crippen LogP contribution in [-0.2, 0) is 9.47 Å². The quantitative estimate of drug-likeness (QED) is 0.890. The van der Waals surface area contributed by atoms with E-state index in [1.807, 2.05) is 0 Å². The van der Waals surface area contributed by atoms with Gasteiger partial charge < -0.3 is 19.7 Å². The Morgan fingerprint density at radius 1 is 1.26 bits per heavy atom. The zero-order valence-corrected chi connectivity index (χ0v) is 13.6. The average Bonchev–Trinajstić information content (AvgIpc) is 3.06. The smallest absolute Gasteiger partial charge is 0.280 e. The highest BCUT2D eigenvalue weighted by Gasteiger charge is 2.41. The molecule has 1 aliphatic carbocycles. The summed E-state index contributed by atoms with van der Waals surface area (Å²) in [7, 11) is 0. The van der Waals surface area contributed by atoms with Gasteiger partial charge in [-0.25, -0.2) is 4.98 Å². The van der Waals surface area contributed by atoms with E-state index in [0.717, 1.165) is 12.8 Å². The van der Waals surface area contributed by atoms with Crippen molar-refractivity contribution in [1.82, 2.24) is 15.2 Å². The number of likely N-dealkylation sites (tertiary alicyclic amines) is 1. The number of ether oxygens (including phenoxy) is 2. The molecule has 1 aromatic heterocycles. The number of hydrogen-bond donors (Lipinski definition) is 1. The molecule has 0 aromatic carbocycles. The molecule has 1 N–H and O–H groups in total. The van der Waals surface area contributed by atoms with E-state index in [-0.39, 0.29) is 17.9 Å². The van der Waals surface area contributed by atoms with Crippen LogP contribution < -0.4 is 5.32 Å². The van der Waals surface area contributed by atoms with Gasteiger partial charge in [-0.1, -0.05) is 0 Å². The highest BCUT2D eigenvalue weighted by atomic mass is 32.1. The minimum absolute atomic E-state index is 0.125. The molecule has 2 amide bonds. The van der Waals surface area contributed by atoms with Gasteiger partial charge in [0.1, 0.15) is 5.69 Å². The number of hydrogen-bond acceptors (Lipinski definition) is 6. The van der Waals surface area contributed by atoms with Gasteiger partial charge in [-0.15, -0.1) is 11.3 Å². The van der Waals surface area contributed by atoms with Crippen LogP contribution in [0, 0.1) is 0 Å². The van der Waals surface area contributed by atoms with E-state index < -0.39 is 5.79 Å². The number of aromatic nitrogens is 1. The largest absolute Gasteiger partial charge is 0.347 e. The van der Waals surface area contributed by atoms with E-state index in [2.05, 4.69) is 10.3 Å². The van der Waals surface area contributed by atoms with Crippen molar-refractivity contribution in [2.75, 3.05) is 26.3 Å². The molecule has 124 valence electrons. The second-order valence-corrected chi connectivity index (χ2v) is 7.04. The van der Waals surface area contributed by atoms with Crippen LogP contribution in [0.4, 0.5) is 0 Å². The van der Waals surface area contributed by atoms with Crippen LogP contribution in [-0.4, -0.2) is 59.8 Å². The van der Waals surface area contributed by atoms with Crippen LogP contribution in [0.1, 0.15) is 46.0 Å². The summed E-state index contributed by atoms with van der Waals surface area (Å²) < 4.78 is 11.3. The molecule has 4 rings (SSSR count). The Morgan fingerprint density at radius 2 is 1.96 bits per heavy atom. The Labute approximate surface area is 138 Å².